The van der Waals surface area contributed by atoms with Crippen LogP contribution in [0.25, 0.3) is 0 Å². The molecule has 0 aromatic carbocycles. The maximum absolute atomic E-state index is 11.7. The first-order chi connectivity index (χ1) is 6.93. The van der Waals surface area contributed by atoms with Gasteiger partial charge in [0.1, 0.15) is 0 Å². The number of rotatable bonds is 4. The molecular weight excluding hydrogens is 192 g/mol. The molecule has 0 bridgehead atoms. The van der Waals surface area contributed by atoms with Crippen LogP contribution in [-0.2, 0) is 9.59 Å². The van der Waals surface area contributed by atoms with E-state index >= 15 is 0 Å². The quantitative estimate of drug-likeness (QED) is 0.740. The number of nitrogens with zero attached hydrogens (tertiary/aromatic N) is 1. The molecule has 2 N–H and O–H groups in total. The van der Waals surface area contributed by atoms with E-state index in [-0.39, 0.29) is 17.7 Å². The van der Waals surface area contributed by atoms with Crippen LogP contribution < -0.4 is 5.73 Å². The smallest absolute Gasteiger partial charge is 0.240 e. The molecule has 1 rings (SSSR count). The zero-order valence-electron chi connectivity index (χ0n) is 9.69. The molecule has 0 aromatic heterocycles. The van der Waals surface area contributed by atoms with Gasteiger partial charge >= 0.3 is 0 Å². The lowest BCUT2D eigenvalue weighted by molar-refractivity contribution is -0.136. The topological polar surface area (TPSA) is 63.4 Å². The summed E-state index contributed by atoms with van der Waals surface area (Å²) in [4.78, 5) is 24.8. The largest absolute Gasteiger partial charge is 0.331 e. The van der Waals surface area contributed by atoms with Crippen LogP contribution in [0.2, 0.25) is 0 Å². The molecule has 0 unspecified atom stereocenters. The highest BCUT2D eigenvalue weighted by Gasteiger charge is 2.35. The van der Waals surface area contributed by atoms with Gasteiger partial charge in [-0.1, -0.05) is 13.8 Å². The molecule has 1 heterocycles. The van der Waals surface area contributed by atoms with Crippen LogP contribution in [0.5, 0.6) is 0 Å². The molecule has 15 heavy (non-hydrogen) atoms. The van der Waals surface area contributed by atoms with Gasteiger partial charge < -0.3 is 10.6 Å². The summed E-state index contributed by atoms with van der Waals surface area (Å²) < 4.78 is 0. The lowest BCUT2D eigenvalue weighted by Gasteiger charge is -2.27. The zero-order valence-corrected chi connectivity index (χ0v) is 9.69. The van der Waals surface area contributed by atoms with Crippen LogP contribution in [0.15, 0.2) is 0 Å². The number of hydrogen-bond acceptors (Lipinski definition) is 3. The first-order valence-electron chi connectivity index (χ1n) is 5.50. The van der Waals surface area contributed by atoms with Gasteiger partial charge in [0.15, 0.2) is 5.78 Å². The predicted molar refractivity (Wildman–Crippen MR) is 58.2 cm³/mol. The Kier molecular flexibility index (Phi) is 3.85. The maximum atomic E-state index is 11.7. The fraction of sp³-hybridized carbons (Fsp3) is 0.818. The van der Waals surface area contributed by atoms with E-state index in [1.54, 1.807) is 11.8 Å². The summed E-state index contributed by atoms with van der Waals surface area (Å²) in [6.45, 7) is 6.27. The van der Waals surface area contributed by atoms with Crippen molar-refractivity contribution >= 4 is 11.7 Å². The van der Waals surface area contributed by atoms with E-state index < -0.39 is 6.04 Å². The molecule has 4 nitrogen and oxygen atoms in total. The number of hydrogen-bond donors (Lipinski definition) is 1. The van der Waals surface area contributed by atoms with Gasteiger partial charge in [-0.2, -0.15) is 0 Å². The standard InChI is InChI=1S/C11H20N2O2/c1-7(2)6-10(8(3)14)13-5-4-9(12)11(13)15/h7,9-10H,4-6,12H2,1-3H3/t9-,10-/m0/s1. The van der Waals surface area contributed by atoms with Gasteiger partial charge in [-0.3, -0.25) is 9.59 Å². The maximum Gasteiger partial charge on any atom is 0.240 e. The SMILES string of the molecule is CC(=O)[C@H](CC(C)C)N1CC[C@H](N)C1=O. The number of likely N-dealkylation sites (tertiary alicyclic amines) is 1. The molecule has 1 fully saturated rings. The third-order valence-electron chi connectivity index (χ3n) is 2.82. The molecule has 0 saturated carbocycles. The molecule has 1 aliphatic heterocycles. The van der Waals surface area contributed by atoms with E-state index in [4.69, 9.17) is 5.73 Å². The Morgan fingerprint density at radius 3 is 2.53 bits per heavy atom. The minimum atomic E-state index is -0.404. The summed E-state index contributed by atoms with van der Waals surface area (Å²) in [6, 6.07) is -0.676. The highest BCUT2D eigenvalue weighted by atomic mass is 16.2. The number of nitrogens with two attached hydrogens (primary N) is 1. The molecule has 86 valence electrons. The number of ketones is 1. The summed E-state index contributed by atoms with van der Waals surface area (Å²) in [5.74, 6) is 0.394. The number of amides is 1. The normalized spacial score (nSPS) is 23.7. The van der Waals surface area contributed by atoms with E-state index in [1.807, 2.05) is 0 Å². The van der Waals surface area contributed by atoms with Crippen molar-refractivity contribution in [3.8, 4) is 0 Å². The summed E-state index contributed by atoms with van der Waals surface area (Å²) in [5.41, 5.74) is 5.63. The van der Waals surface area contributed by atoms with E-state index in [2.05, 4.69) is 13.8 Å². The Bertz CT molecular complexity index is 263. The molecule has 0 aliphatic carbocycles. The summed E-state index contributed by atoms with van der Waals surface area (Å²) in [5, 5.41) is 0. The van der Waals surface area contributed by atoms with Gasteiger partial charge in [0.2, 0.25) is 5.91 Å². The van der Waals surface area contributed by atoms with Crippen LogP contribution in [0.3, 0.4) is 0 Å². The monoisotopic (exact) mass is 212 g/mol. The third kappa shape index (κ3) is 2.78. The van der Waals surface area contributed by atoms with Crippen molar-refractivity contribution in [2.24, 2.45) is 11.7 Å². The predicted octanol–water partition coefficient (Wildman–Crippen LogP) is 0.550. The van der Waals surface area contributed by atoms with Crippen molar-refractivity contribution in [2.75, 3.05) is 6.54 Å². The average Bonchev–Trinajstić information content (AvgIpc) is 2.44. The molecule has 0 radical (unpaired) electrons. The summed E-state index contributed by atoms with van der Waals surface area (Å²) in [6.07, 6.45) is 1.40. The van der Waals surface area contributed by atoms with Gasteiger partial charge in [0.05, 0.1) is 12.1 Å². The third-order valence-corrected chi connectivity index (χ3v) is 2.82. The van der Waals surface area contributed by atoms with E-state index in [1.165, 1.54) is 0 Å². The fourth-order valence-electron chi connectivity index (χ4n) is 1.99. The number of carbonyl (C=O) groups excluding carboxylic acids is 2. The van der Waals surface area contributed by atoms with Crippen molar-refractivity contribution in [1.29, 1.82) is 0 Å². The summed E-state index contributed by atoms with van der Waals surface area (Å²) in [7, 11) is 0. The fourth-order valence-corrected chi connectivity index (χ4v) is 1.99. The molecule has 1 aliphatic rings. The first-order valence-corrected chi connectivity index (χ1v) is 5.50. The van der Waals surface area contributed by atoms with Crippen LogP contribution in [0.1, 0.15) is 33.6 Å². The Labute approximate surface area is 90.8 Å². The highest BCUT2D eigenvalue weighted by Crippen LogP contribution is 2.19. The molecule has 2 atom stereocenters. The Morgan fingerprint density at radius 2 is 2.20 bits per heavy atom. The Morgan fingerprint density at radius 1 is 1.60 bits per heavy atom. The van der Waals surface area contributed by atoms with Gasteiger partial charge in [0, 0.05) is 6.54 Å². The van der Waals surface area contributed by atoms with Gasteiger partial charge in [-0.15, -0.1) is 0 Å². The van der Waals surface area contributed by atoms with Crippen molar-refractivity contribution < 1.29 is 9.59 Å². The molecule has 4 heteroatoms. The van der Waals surface area contributed by atoms with E-state index in [9.17, 15) is 9.59 Å². The molecular formula is C11H20N2O2. The Hall–Kier alpha value is -0.900. The Balaban J connectivity index is 2.72. The van der Waals surface area contributed by atoms with Gasteiger partial charge in [-0.25, -0.2) is 0 Å². The van der Waals surface area contributed by atoms with Crippen molar-refractivity contribution in [2.45, 2.75) is 45.7 Å². The van der Waals surface area contributed by atoms with Crippen molar-refractivity contribution in [3.63, 3.8) is 0 Å². The van der Waals surface area contributed by atoms with Crippen LogP contribution in [0.4, 0.5) is 0 Å². The first kappa shape index (κ1) is 12.2. The van der Waals surface area contributed by atoms with E-state index in [0.717, 1.165) is 6.42 Å². The molecule has 1 saturated heterocycles. The average molecular weight is 212 g/mol. The second-order valence-corrected chi connectivity index (χ2v) is 4.68. The zero-order chi connectivity index (χ0) is 11.6. The second kappa shape index (κ2) is 4.75. The molecule has 0 spiro atoms. The minimum absolute atomic E-state index is 0.0613. The lowest BCUT2D eigenvalue weighted by Crippen LogP contribution is -2.44. The van der Waals surface area contributed by atoms with Crippen LogP contribution in [-0.4, -0.2) is 35.2 Å². The van der Waals surface area contributed by atoms with Gasteiger partial charge in [-0.05, 0) is 25.7 Å². The van der Waals surface area contributed by atoms with Gasteiger partial charge in [0.25, 0.3) is 0 Å². The highest BCUT2D eigenvalue weighted by molar-refractivity contribution is 5.90. The number of carbonyl (C=O) groups is 2. The minimum Gasteiger partial charge on any atom is -0.331 e. The lowest BCUT2D eigenvalue weighted by atomic mass is 10.00. The number of Topliss-reactive ketones (excluding diaryl/α,β-unsaturated/α-hetero) is 1. The van der Waals surface area contributed by atoms with Crippen molar-refractivity contribution in [1.82, 2.24) is 4.90 Å². The van der Waals surface area contributed by atoms with E-state index in [0.29, 0.717) is 18.9 Å². The van der Waals surface area contributed by atoms with Crippen LogP contribution >= 0.6 is 0 Å². The van der Waals surface area contributed by atoms with Crippen LogP contribution in [0, 0.1) is 5.92 Å². The molecule has 0 aromatic rings. The van der Waals surface area contributed by atoms with Crippen molar-refractivity contribution in [3.05, 3.63) is 0 Å². The molecule has 1 amide bonds. The second-order valence-electron chi connectivity index (χ2n) is 4.68. The summed E-state index contributed by atoms with van der Waals surface area (Å²) >= 11 is 0.